The molecule has 11 heavy (non-hydrogen) atoms. The van der Waals surface area contributed by atoms with Crippen molar-refractivity contribution < 1.29 is 24.8 Å². The largest absolute Gasteiger partial charge is 0.387 e. The van der Waals surface area contributed by atoms with Gasteiger partial charge in [-0.25, -0.2) is 0 Å². The van der Waals surface area contributed by atoms with E-state index in [0.717, 1.165) is 0 Å². The Kier molecular flexibility index (Phi) is 1.62. The van der Waals surface area contributed by atoms with Crippen LogP contribution in [0, 0.1) is 0 Å². The second kappa shape index (κ2) is 2.40. The summed E-state index contributed by atoms with van der Waals surface area (Å²) in [6.45, 7) is 0.236. The number of aliphatic hydroxyl groups excluding tert-OH is 3. The number of hydrogen-bond acceptors (Lipinski definition) is 5. The van der Waals surface area contributed by atoms with Gasteiger partial charge < -0.3 is 24.8 Å². The summed E-state index contributed by atoms with van der Waals surface area (Å²) in [6, 6.07) is 0. The molecule has 0 amide bonds. The van der Waals surface area contributed by atoms with E-state index in [-0.39, 0.29) is 6.61 Å². The highest BCUT2D eigenvalue weighted by Gasteiger charge is 2.48. The molecule has 0 aromatic rings. The van der Waals surface area contributed by atoms with Gasteiger partial charge in [0.2, 0.25) is 0 Å². The lowest BCUT2D eigenvalue weighted by Crippen LogP contribution is -2.53. The van der Waals surface area contributed by atoms with Crippen molar-refractivity contribution in [2.75, 3.05) is 6.61 Å². The van der Waals surface area contributed by atoms with Crippen LogP contribution in [-0.2, 0) is 9.47 Å². The highest BCUT2D eigenvalue weighted by Crippen LogP contribution is 2.27. The summed E-state index contributed by atoms with van der Waals surface area (Å²) < 4.78 is 9.95. The van der Waals surface area contributed by atoms with E-state index in [4.69, 9.17) is 14.6 Å². The quantitative estimate of drug-likeness (QED) is 0.377. The molecule has 0 unspecified atom stereocenters. The van der Waals surface area contributed by atoms with E-state index in [9.17, 15) is 10.2 Å². The van der Waals surface area contributed by atoms with Gasteiger partial charge in [-0.2, -0.15) is 0 Å². The molecule has 5 atom stereocenters. The van der Waals surface area contributed by atoms with Crippen molar-refractivity contribution in [3.05, 3.63) is 0 Å². The molecule has 2 aliphatic heterocycles. The lowest BCUT2D eigenvalue weighted by molar-refractivity contribution is -0.228. The Balaban J connectivity index is 2.16. The molecule has 2 aliphatic rings. The third-order valence-electron chi connectivity index (χ3n) is 2.09. The summed E-state index contributed by atoms with van der Waals surface area (Å²) in [4.78, 5) is 0. The van der Waals surface area contributed by atoms with E-state index in [1.165, 1.54) is 0 Å². The summed E-state index contributed by atoms with van der Waals surface area (Å²) in [5, 5.41) is 27.6. The number of aliphatic hydroxyl groups is 3. The Hall–Kier alpha value is -0.200. The van der Waals surface area contributed by atoms with Gasteiger partial charge in [-0.3, -0.25) is 0 Å². The van der Waals surface area contributed by atoms with Crippen LogP contribution < -0.4 is 0 Å². The summed E-state index contributed by atoms with van der Waals surface area (Å²) >= 11 is 0. The van der Waals surface area contributed by atoms with Crippen molar-refractivity contribution in [2.24, 2.45) is 0 Å². The van der Waals surface area contributed by atoms with Crippen LogP contribution in [0.1, 0.15) is 0 Å². The van der Waals surface area contributed by atoms with Gasteiger partial charge in [-0.05, 0) is 0 Å². The van der Waals surface area contributed by atoms with Crippen molar-refractivity contribution >= 4 is 0 Å². The molecule has 2 heterocycles. The second-order valence-electron chi connectivity index (χ2n) is 2.85. The number of hydrogen-bond donors (Lipinski definition) is 3. The molecular weight excluding hydrogens is 152 g/mol. The Labute approximate surface area is 63.2 Å². The lowest BCUT2D eigenvalue weighted by atomic mass is 10.0. The van der Waals surface area contributed by atoms with Crippen molar-refractivity contribution in [3.63, 3.8) is 0 Å². The van der Waals surface area contributed by atoms with Crippen LogP contribution in [-0.4, -0.2) is 52.6 Å². The normalized spacial score (nSPS) is 56.5. The molecule has 0 saturated carbocycles. The van der Waals surface area contributed by atoms with Gasteiger partial charge in [0.1, 0.15) is 24.4 Å². The monoisotopic (exact) mass is 162 g/mol. The van der Waals surface area contributed by atoms with E-state index in [2.05, 4.69) is 0 Å². The molecule has 2 saturated heterocycles. The first-order valence-electron chi connectivity index (χ1n) is 3.51. The maximum Gasteiger partial charge on any atom is 0.186 e. The molecule has 5 nitrogen and oxygen atoms in total. The predicted molar refractivity (Wildman–Crippen MR) is 32.6 cm³/mol. The fourth-order valence-corrected chi connectivity index (χ4v) is 1.38. The minimum Gasteiger partial charge on any atom is -0.387 e. The van der Waals surface area contributed by atoms with Crippen molar-refractivity contribution in [1.82, 2.24) is 0 Å². The van der Waals surface area contributed by atoms with Crippen LogP contribution in [0.5, 0.6) is 0 Å². The predicted octanol–water partition coefficient (Wildman–Crippen LogP) is -2.18. The third-order valence-corrected chi connectivity index (χ3v) is 2.09. The molecule has 0 spiro atoms. The van der Waals surface area contributed by atoms with E-state index >= 15 is 0 Å². The van der Waals surface area contributed by atoms with Gasteiger partial charge in [0, 0.05) is 0 Å². The second-order valence-corrected chi connectivity index (χ2v) is 2.85. The first-order chi connectivity index (χ1) is 5.20. The molecule has 64 valence electrons. The zero-order chi connectivity index (χ0) is 8.01. The minimum atomic E-state index is -1.15. The number of ether oxygens (including phenoxy) is 2. The summed E-state index contributed by atoms with van der Waals surface area (Å²) in [6.07, 6.45) is -4.58. The number of rotatable bonds is 0. The summed E-state index contributed by atoms with van der Waals surface area (Å²) in [5.41, 5.74) is 0. The first kappa shape index (κ1) is 7.45. The highest BCUT2D eigenvalue weighted by molar-refractivity contribution is 4.92. The van der Waals surface area contributed by atoms with Crippen LogP contribution in [0.15, 0.2) is 0 Å². The third kappa shape index (κ3) is 0.969. The fraction of sp³-hybridized carbons (Fsp3) is 1.00. The van der Waals surface area contributed by atoms with E-state index in [1.54, 1.807) is 0 Å². The molecule has 0 aromatic carbocycles. The molecular formula is C6H10O5. The average Bonchev–Trinajstić information content (AvgIpc) is 2.44. The molecule has 2 fully saturated rings. The van der Waals surface area contributed by atoms with E-state index in [1.807, 2.05) is 0 Å². The SMILES string of the molecule is O[C@H]1[C@H](O)[C@@H]2OC[C@H](O2)[C@@H]1O. The zero-order valence-electron chi connectivity index (χ0n) is 5.75. The van der Waals surface area contributed by atoms with Gasteiger partial charge in [0.25, 0.3) is 0 Å². The molecule has 5 heteroatoms. The highest BCUT2D eigenvalue weighted by atomic mass is 16.7. The van der Waals surface area contributed by atoms with Crippen LogP contribution >= 0.6 is 0 Å². The molecule has 2 rings (SSSR count). The van der Waals surface area contributed by atoms with Crippen LogP contribution in [0.25, 0.3) is 0 Å². The standard InChI is InChI=1S/C6H10O5/c7-3-2-1-10-6(11-2)5(9)4(3)8/h2-9H,1H2/t2-,3-,4+,5-,6+/m0/s1. The van der Waals surface area contributed by atoms with Crippen molar-refractivity contribution in [3.8, 4) is 0 Å². The topological polar surface area (TPSA) is 79.2 Å². The van der Waals surface area contributed by atoms with Gasteiger partial charge in [-0.15, -0.1) is 0 Å². The first-order valence-corrected chi connectivity index (χ1v) is 3.51. The molecule has 0 radical (unpaired) electrons. The Morgan fingerprint density at radius 2 is 1.73 bits per heavy atom. The van der Waals surface area contributed by atoms with E-state index in [0.29, 0.717) is 0 Å². The summed E-state index contributed by atoms with van der Waals surface area (Å²) in [5.74, 6) is 0. The molecule has 2 bridgehead atoms. The molecule has 0 aliphatic carbocycles. The van der Waals surface area contributed by atoms with Crippen LogP contribution in [0.2, 0.25) is 0 Å². The van der Waals surface area contributed by atoms with Crippen molar-refractivity contribution in [1.29, 1.82) is 0 Å². The van der Waals surface area contributed by atoms with E-state index < -0.39 is 30.7 Å². The van der Waals surface area contributed by atoms with Crippen LogP contribution in [0.4, 0.5) is 0 Å². The fourth-order valence-electron chi connectivity index (χ4n) is 1.38. The molecule has 0 aromatic heterocycles. The van der Waals surface area contributed by atoms with Gasteiger partial charge in [-0.1, -0.05) is 0 Å². The molecule has 3 N–H and O–H groups in total. The smallest absolute Gasteiger partial charge is 0.186 e. The summed E-state index contributed by atoms with van der Waals surface area (Å²) in [7, 11) is 0. The van der Waals surface area contributed by atoms with Crippen molar-refractivity contribution in [2.45, 2.75) is 30.7 Å². The van der Waals surface area contributed by atoms with Crippen LogP contribution in [0.3, 0.4) is 0 Å². The Morgan fingerprint density at radius 3 is 2.45 bits per heavy atom. The zero-order valence-corrected chi connectivity index (χ0v) is 5.75. The minimum absolute atomic E-state index is 0.236. The van der Waals surface area contributed by atoms with Gasteiger partial charge in [0.15, 0.2) is 6.29 Å². The Morgan fingerprint density at radius 1 is 1.00 bits per heavy atom. The number of fused-ring (bicyclic) bond motifs is 2. The Bertz CT molecular complexity index is 141. The van der Waals surface area contributed by atoms with Gasteiger partial charge in [0.05, 0.1) is 6.61 Å². The maximum atomic E-state index is 9.22. The average molecular weight is 162 g/mol. The maximum absolute atomic E-state index is 9.22. The van der Waals surface area contributed by atoms with Gasteiger partial charge >= 0.3 is 0 Å². The lowest BCUT2D eigenvalue weighted by Gasteiger charge is -2.32.